The lowest BCUT2D eigenvalue weighted by Crippen LogP contribution is -2.34. The molecule has 0 amide bonds. The number of rotatable bonds is 2. The maximum atomic E-state index is 9.05. The Bertz CT molecular complexity index is 135. The van der Waals surface area contributed by atoms with Crippen molar-refractivity contribution in [3.63, 3.8) is 0 Å². The van der Waals surface area contributed by atoms with Gasteiger partial charge in [0.1, 0.15) is 0 Å². The van der Waals surface area contributed by atoms with Crippen molar-refractivity contribution in [2.75, 3.05) is 13.2 Å². The third kappa shape index (κ3) is 0.991. The molecule has 3 N–H and O–H groups in total. The average molecular weight is 157 g/mol. The van der Waals surface area contributed by atoms with E-state index in [1.165, 1.54) is 0 Å². The molecule has 0 aromatic heterocycles. The number of nitrogens with two attached hydrogens (primary N) is 1. The first-order valence-electron chi connectivity index (χ1n) is 4.33. The highest BCUT2D eigenvalue weighted by molar-refractivity contribution is 4.96. The van der Waals surface area contributed by atoms with Gasteiger partial charge < -0.3 is 15.6 Å². The van der Waals surface area contributed by atoms with Gasteiger partial charge in [0.15, 0.2) is 0 Å². The minimum Gasteiger partial charge on any atom is -0.396 e. The molecule has 0 unspecified atom stereocenters. The van der Waals surface area contributed by atoms with Crippen molar-refractivity contribution in [1.29, 1.82) is 0 Å². The molecular weight excluding hydrogens is 142 g/mol. The van der Waals surface area contributed by atoms with Crippen molar-refractivity contribution < 1.29 is 9.84 Å². The Labute approximate surface area is 66.5 Å². The van der Waals surface area contributed by atoms with E-state index in [0.717, 1.165) is 12.8 Å². The van der Waals surface area contributed by atoms with Gasteiger partial charge in [-0.05, 0) is 19.4 Å². The third-order valence-corrected chi connectivity index (χ3v) is 3.07. The van der Waals surface area contributed by atoms with E-state index >= 15 is 0 Å². The molecule has 2 fully saturated rings. The fourth-order valence-electron chi connectivity index (χ4n) is 2.45. The van der Waals surface area contributed by atoms with Crippen molar-refractivity contribution >= 4 is 0 Å². The molecule has 3 nitrogen and oxygen atoms in total. The Hall–Kier alpha value is -0.120. The molecule has 3 heteroatoms. The molecule has 0 aliphatic carbocycles. The monoisotopic (exact) mass is 157 g/mol. The highest BCUT2D eigenvalue weighted by Gasteiger charge is 2.47. The number of aliphatic hydroxyl groups excluding tert-OH is 1. The molecule has 0 radical (unpaired) electrons. The highest BCUT2D eigenvalue weighted by atomic mass is 16.5. The second-order valence-corrected chi connectivity index (χ2v) is 3.54. The maximum Gasteiger partial charge on any atom is 0.0634 e. The van der Waals surface area contributed by atoms with Crippen molar-refractivity contribution in [3.05, 3.63) is 0 Å². The van der Waals surface area contributed by atoms with E-state index in [-0.39, 0.29) is 6.61 Å². The first-order valence-corrected chi connectivity index (χ1v) is 4.33. The van der Waals surface area contributed by atoms with Gasteiger partial charge in [0.25, 0.3) is 0 Å². The third-order valence-electron chi connectivity index (χ3n) is 3.07. The van der Waals surface area contributed by atoms with Crippen LogP contribution in [0.25, 0.3) is 0 Å². The van der Waals surface area contributed by atoms with Crippen LogP contribution in [0.1, 0.15) is 12.8 Å². The topological polar surface area (TPSA) is 55.5 Å². The van der Waals surface area contributed by atoms with E-state index in [2.05, 4.69) is 0 Å². The predicted molar refractivity (Wildman–Crippen MR) is 41.0 cm³/mol. The number of hydrogen-bond acceptors (Lipinski definition) is 3. The van der Waals surface area contributed by atoms with E-state index in [9.17, 15) is 0 Å². The van der Waals surface area contributed by atoms with E-state index in [1.54, 1.807) is 0 Å². The molecule has 2 rings (SSSR count). The van der Waals surface area contributed by atoms with Crippen molar-refractivity contribution in [1.82, 2.24) is 0 Å². The summed E-state index contributed by atoms with van der Waals surface area (Å²) in [5.41, 5.74) is 5.60. The number of hydrogen-bond donors (Lipinski definition) is 2. The second-order valence-electron chi connectivity index (χ2n) is 3.54. The van der Waals surface area contributed by atoms with Gasteiger partial charge in [-0.3, -0.25) is 0 Å². The van der Waals surface area contributed by atoms with Crippen LogP contribution in [-0.2, 0) is 4.74 Å². The molecule has 0 aromatic rings. The van der Waals surface area contributed by atoms with E-state index in [0.29, 0.717) is 30.6 Å². The molecule has 0 saturated carbocycles. The fourth-order valence-corrected chi connectivity index (χ4v) is 2.45. The Morgan fingerprint density at radius 2 is 1.91 bits per heavy atom. The summed E-state index contributed by atoms with van der Waals surface area (Å²) in [5, 5.41) is 9.05. The van der Waals surface area contributed by atoms with Crippen LogP contribution in [0.4, 0.5) is 0 Å². The van der Waals surface area contributed by atoms with Crippen LogP contribution in [-0.4, -0.2) is 30.5 Å². The summed E-state index contributed by atoms with van der Waals surface area (Å²) in [6.45, 7) is 0.898. The van der Waals surface area contributed by atoms with Crippen molar-refractivity contribution in [2.45, 2.75) is 25.0 Å². The highest BCUT2D eigenvalue weighted by Crippen LogP contribution is 2.42. The summed E-state index contributed by atoms with van der Waals surface area (Å²) in [4.78, 5) is 0. The van der Waals surface area contributed by atoms with E-state index in [4.69, 9.17) is 15.6 Å². The predicted octanol–water partition coefficient (Wildman–Crippen LogP) is -0.269. The summed E-state index contributed by atoms with van der Waals surface area (Å²) in [6.07, 6.45) is 2.91. The lowest BCUT2D eigenvalue weighted by Gasteiger charge is -2.24. The molecule has 4 atom stereocenters. The second kappa shape index (κ2) is 2.73. The van der Waals surface area contributed by atoms with Gasteiger partial charge in [-0.2, -0.15) is 0 Å². The zero-order valence-electron chi connectivity index (χ0n) is 6.57. The Kier molecular flexibility index (Phi) is 1.87. The SMILES string of the molecule is NC[C@H]1[C@@H](CO)[C@@H]2CC[C@H]1O2. The lowest BCUT2D eigenvalue weighted by molar-refractivity contribution is 0.0787. The summed E-state index contributed by atoms with van der Waals surface area (Å²) < 4.78 is 5.64. The summed E-state index contributed by atoms with van der Waals surface area (Å²) in [5.74, 6) is 0.734. The van der Waals surface area contributed by atoms with E-state index < -0.39 is 0 Å². The van der Waals surface area contributed by atoms with Gasteiger partial charge >= 0.3 is 0 Å². The van der Waals surface area contributed by atoms with Gasteiger partial charge in [-0.25, -0.2) is 0 Å². The van der Waals surface area contributed by atoms with Gasteiger partial charge in [-0.15, -0.1) is 0 Å². The van der Waals surface area contributed by atoms with Gasteiger partial charge in [0.2, 0.25) is 0 Å². The van der Waals surface area contributed by atoms with Crippen LogP contribution < -0.4 is 5.73 Å². The molecule has 11 heavy (non-hydrogen) atoms. The standard InChI is InChI=1S/C8H15NO2/c9-3-5-6(4-10)8-2-1-7(5)11-8/h5-8,10H,1-4,9H2/t5-,6+,7+,8-/m0/s1. The zero-order valence-corrected chi connectivity index (χ0v) is 6.57. The first-order chi connectivity index (χ1) is 5.36. The number of aliphatic hydroxyl groups is 1. The fraction of sp³-hybridized carbons (Fsp3) is 1.00. The van der Waals surface area contributed by atoms with Crippen LogP contribution in [0.5, 0.6) is 0 Å². The smallest absolute Gasteiger partial charge is 0.0634 e. The van der Waals surface area contributed by atoms with Crippen LogP contribution in [0, 0.1) is 11.8 Å². The van der Waals surface area contributed by atoms with Gasteiger partial charge in [0.05, 0.1) is 12.2 Å². The molecule has 0 spiro atoms. The number of ether oxygens (including phenoxy) is 1. The Balaban J connectivity index is 2.08. The van der Waals surface area contributed by atoms with Crippen molar-refractivity contribution in [3.8, 4) is 0 Å². The summed E-state index contributed by atoms with van der Waals surface area (Å²) >= 11 is 0. The Morgan fingerprint density at radius 1 is 1.27 bits per heavy atom. The van der Waals surface area contributed by atoms with Crippen LogP contribution in [0.3, 0.4) is 0 Å². The average Bonchev–Trinajstić information content (AvgIpc) is 2.60. The molecular formula is C8H15NO2. The first kappa shape index (κ1) is 7.53. The quantitative estimate of drug-likeness (QED) is 0.580. The van der Waals surface area contributed by atoms with Crippen molar-refractivity contribution in [2.24, 2.45) is 17.6 Å². The minimum atomic E-state index is 0.239. The molecule has 2 aliphatic rings. The van der Waals surface area contributed by atoms with Crippen LogP contribution in [0.2, 0.25) is 0 Å². The Morgan fingerprint density at radius 3 is 2.36 bits per heavy atom. The van der Waals surface area contributed by atoms with Gasteiger partial charge in [0, 0.05) is 18.4 Å². The zero-order chi connectivity index (χ0) is 7.84. The molecule has 2 aliphatic heterocycles. The summed E-state index contributed by atoms with van der Waals surface area (Å²) in [7, 11) is 0. The maximum absolute atomic E-state index is 9.05. The molecule has 2 bridgehead atoms. The number of fused-ring (bicyclic) bond motifs is 2. The van der Waals surface area contributed by atoms with Crippen LogP contribution in [0.15, 0.2) is 0 Å². The molecule has 64 valence electrons. The van der Waals surface area contributed by atoms with Crippen LogP contribution >= 0.6 is 0 Å². The molecule has 2 heterocycles. The summed E-state index contributed by atoms with van der Waals surface area (Å²) in [6, 6.07) is 0. The lowest BCUT2D eigenvalue weighted by atomic mass is 9.80. The normalized spacial score (nSPS) is 48.5. The molecule has 0 aromatic carbocycles. The van der Waals surface area contributed by atoms with E-state index in [1.807, 2.05) is 0 Å². The van der Waals surface area contributed by atoms with Gasteiger partial charge in [-0.1, -0.05) is 0 Å². The minimum absolute atomic E-state index is 0.239. The largest absolute Gasteiger partial charge is 0.396 e. The molecule has 2 saturated heterocycles.